The van der Waals surface area contributed by atoms with Crippen LogP contribution in [0.1, 0.15) is 91.7 Å². The van der Waals surface area contributed by atoms with E-state index in [1.54, 1.807) is 13.2 Å². The zero-order valence-electron chi connectivity index (χ0n) is 22.2. The quantitative estimate of drug-likeness (QED) is 0.331. The number of furan rings is 1. The highest BCUT2D eigenvalue weighted by atomic mass is 16.5. The Morgan fingerprint density at radius 2 is 1.69 bits per heavy atom. The molecule has 0 aromatic carbocycles. The Labute approximate surface area is 210 Å². The first-order chi connectivity index (χ1) is 16.5. The van der Waals surface area contributed by atoms with Gasteiger partial charge in [0.1, 0.15) is 11.5 Å². The van der Waals surface area contributed by atoms with E-state index in [1.807, 2.05) is 46.8 Å². The molecule has 3 N–H and O–H groups in total. The molecule has 0 amide bonds. The largest absolute Gasteiger partial charge is 0.481 e. The van der Waals surface area contributed by atoms with Crippen LogP contribution in [0.25, 0.3) is 0 Å². The van der Waals surface area contributed by atoms with Crippen LogP contribution in [0, 0.1) is 29.6 Å². The Morgan fingerprint density at radius 3 is 2.23 bits per heavy atom. The summed E-state index contributed by atoms with van der Waals surface area (Å²) < 4.78 is 11.6. The molecule has 0 saturated carbocycles. The van der Waals surface area contributed by atoms with Gasteiger partial charge in [-0.2, -0.15) is 0 Å². The van der Waals surface area contributed by atoms with Crippen LogP contribution in [-0.4, -0.2) is 51.5 Å². The lowest BCUT2D eigenvalue weighted by Gasteiger charge is -2.39. The second kappa shape index (κ2) is 13.6. The van der Waals surface area contributed by atoms with Crippen molar-refractivity contribution in [3.63, 3.8) is 0 Å². The van der Waals surface area contributed by atoms with Gasteiger partial charge in [-0.05, 0) is 56.6 Å². The zero-order chi connectivity index (χ0) is 26.3. The second-order valence-corrected chi connectivity index (χ2v) is 10.7. The van der Waals surface area contributed by atoms with Crippen molar-refractivity contribution in [2.75, 3.05) is 0 Å². The summed E-state index contributed by atoms with van der Waals surface area (Å²) >= 11 is 0. The van der Waals surface area contributed by atoms with Crippen LogP contribution in [0.15, 0.2) is 22.8 Å². The monoisotopic (exact) mass is 494 g/mol. The van der Waals surface area contributed by atoms with Crippen LogP contribution in [0.3, 0.4) is 0 Å². The van der Waals surface area contributed by atoms with E-state index in [1.165, 1.54) is 0 Å². The van der Waals surface area contributed by atoms with Gasteiger partial charge in [0.2, 0.25) is 0 Å². The van der Waals surface area contributed by atoms with E-state index in [0.29, 0.717) is 25.7 Å². The summed E-state index contributed by atoms with van der Waals surface area (Å²) in [6.07, 6.45) is 3.13. The van der Waals surface area contributed by atoms with Crippen molar-refractivity contribution in [1.82, 2.24) is 0 Å². The number of ether oxygens (including phenoxy) is 1. The molecule has 2 heterocycles. The highest BCUT2D eigenvalue weighted by Crippen LogP contribution is 2.34. The summed E-state index contributed by atoms with van der Waals surface area (Å²) in [6.45, 7) is 11.3. The van der Waals surface area contributed by atoms with Crippen LogP contribution < -0.4 is 0 Å². The highest BCUT2D eigenvalue weighted by Gasteiger charge is 2.41. The molecule has 1 aliphatic rings. The van der Waals surface area contributed by atoms with Crippen molar-refractivity contribution in [1.29, 1.82) is 0 Å². The number of aliphatic hydroxyl groups excluding tert-OH is 2. The summed E-state index contributed by atoms with van der Waals surface area (Å²) in [5.41, 5.74) is 0. The van der Waals surface area contributed by atoms with Crippen molar-refractivity contribution < 1.29 is 34.1 Å². The Morgan fingerprint density at radius 1 is 1.03 bits per heavy atom. The Kier molecular flexibility index (Phi) is 11.4. The molecule has 7 heteroatoms. The summed E-state index contributed by atoms with van der Waals surface area (Å²) in [5.74, 6) is -2.24. The molecule has 1 saturated heterocycles. The number of rotatable bonds is 14. The van der Waals surface area contributed by atoms with E-state index < -0.39 is 35.9 Å². The zero-order valence-corrected chi connectivity index (χ0v) is 22.2. The van der Waals surface area contributed by atoms with Crippen LogP contribution in [-0.2, 0) is 14.3 Å². The number of hydrogen-bond acceptors (Lipinski definition) is 6. The van der Waals surface area contributed by atoms with Crippen LogP contribution in [0.2, 0.25) is 0 Å². The molecule has 0 radical (unpaired) electrons. The molecule has 1 aromatic rings. The summed E-state index contributed by atoms with van der Waals surface area (Å²) in [6, 6.07) is 3.76. The lowest BCUT2D eigenvalue weighted by molar-refractivity contribution is -0.161. The normalized spacial score (nSPS) is 25.6. The number of ketones is 1. The number of carbonyl (C=O) groups is 2. The Balaban J connectivity index is 2.02. The Bertz CT molecular complexity index is 776. The molecular weight excluding hydrogens is 448 g/mol. The van der Waals surface area contributed by atoms with E-state index in [2.05, 4.69) is 0 Å². The number of carboxylic acids is 1. The number of aliphatic hydroxyl groups is 2. The van der Waals surface area contributed by atoms with Gasteiger partial charge in [-0.3, -0.25) is 9.59 Å². The lowest BCUT2D eigenvalue weighted by Crippen LogP contribution is -2.46. The molecule has 35 heavy (non-hydrogen) atoms. The van der Waals surface area contributed by atoms with Gasteiger partial charge in [-0.25, -0.2) is 0 Å². The van der Waals surface area contributed by atoms with Crippen molar-refractivity contribution in [3.05, 3.63) is 24.2 Å². The third kappa shape index (κ3) is 7.40. The number of aliphatic carboxylic acids is 1. The van der Waals surface area contributed by atoms with Gasteiger partial charge < -0.3 is 24.5 Å². The van der Waals surface area contributed by atoms with Gasteiger partial charge in [-0.1, -0.05) is 41.5 Å². The van der Waals surface area contributed by atoms with E-state index in [0.717, 1.165) is 18.6 Å². The third-order valence-electron chi connectivity index (χ3n) is 8.17. The maximum absolute atomic E-state index is 13.4. The lowest BCUT2D eigenvalue weighted by atomic mass is 9.76. The highest BCUT2D eigenvalue weighted by molar-refractivity contribution is 5.84. The van der Waals surface area contributed by atoms with Gasteiger partial charge in [0.05, 0.1) is 36.6 Å². The van der Waals surface area contributed by atoms with Crippen molar-refractivity contribution in [3.8, 4) is 0 Å². The number of carbonyl (C=O) groups excluding carboxylic acids is 1. The van der Waals surface area contributed by atoms with Gasteiger partial charge >= 0.3 is 5.97 Å². The smallest absolute Gasteiger partial charge is 0.309 e. The molecular formula is C28H46O7. The van der Waals surface area contributed by atoms with Crippen molar-refractivity contribution in [2.45, 2.75) is 110 Å². The average molecular weight is 495 g/mol. The molecule has 1 aliphatic heterocycles. The fraction of sp³-hybridized carbons (Fsp3) is 0.786. The third-order valence-corrected chi connectivity index (χ3v) is 8.17. The summed E-state index contributed by atoms with van der Waals surface area (Å²) in [4.78, 5) is 25.0. The standard InChI is InChI=1S/C28H46O7/c1-7-20(28(32)33)24-12-9-11-23(35-24)18(5)26(30)19(6)27(31)21(8-2)25(29)17(4)15-16(3)22-13-10-14-34-22/h10,13-14,16-21,23-26,29-30H,7-9,11-12,15H2,1-6H3,(H,32,33)/t16-,17+,18-,19+,20-,21-,23-,24-,25+,26+/m1/s1. The first-order valence-corrected chi connectivity index (χ1v) is 13.3. The summed E-state index contributed by atoms with van der Waals surface area (Å²) in [7, 11) is 0. The minimum Gasteiger partial charge on any atom is -0.481 e. The molecule has 0 aliphatic carbocycles. The van der Waals surface area contributed by atoms with E-state index >= 15 is 0 Å². The number of Topliss-reactive ketones (excluding diaryl/α,β-unsaturated/α-hetero) is 1. The minimum atomic E-state index is -0.935. The molecule has 0 unspecified atom stereocenters. The molecule has 200 valence electrons. The number of hydrogen-bond donors (Lipinski definition) is 3. The SMILES string of the molecule is CC[C@@H](C(=O)[C@@H](C)[C@@H](O)[C@H](C)[C@H]1CCC[C@H]([C@@H](CC)C(=O)O)O1)[C@@H](O)[C@@H](C)C[C@@H](C)c1ccco1. The molecule has 7 nitrogen and oxygen atoms in total. The molecule has 2 rings (SSSR count). The first-order valence-electron chi connectivity index (χ1n) is 13.3. The van der Waals surface area contributed by atoms with Gasteiger partial charge in [0, 0.05) is 23.7 Å². The van der Waals surface area contributed by atoms with E-state index in [4.69, 9.17) is 9.15 Å². The summed E-state index contributed by atoms with van der Waals surface area (Å²) in [5, 5.41) is 31.7. The van der Waals surface area contributed by atoms with E-state index in [9.17, 15) is 24.9 Å². The van der Waals surface area contributed by atoms with Gasteiger partial charge in [0.25, 0.3) is 0 Å². The van der Waals surface area contributed by atoms with Crippen molar-refractivity contribution >= 4 is 11.8 Å². The fourth-order valence-corrected chi connectivity index (χ4v) is 5.73. The maximum atomic E-state index is 13.4. The molecule has 1 aromatic heterocycles. The average Bonchev–Trinajstić information content (AvgIpc) is 3.38. The maximum Gasteiger partial charge on any atom is 0.309 e. The second-order valence-electron chi connectivity index (χ2n) is 10.7. The first kappa shape index (κ1) is 29.5. The molecule has 0 bridgehead atoms. The van der Waals surface area contributed by atoms with Crippen LogP contribution in [0.4, 0.5) is 0 Å². The van der Waals surface area contributed by atoms with Crippen LogP contribution in [0.5, 0.6) is 0 Å². The van der Waals surface area contributed by atoms with E-state index in [-0.39, 0.29) is 35.7 Å². The predicted octanol–water partition coefficient (Wildman–Crippen LogP) is 5.05. The molecule has 10 atom stereocenters. The van der Waals surface area contributed by atoms with Crippen molar-refractivity contribution in [2.24, 2.45) is 29.6 Å². The number of carboxylic acid groups (broad SMARTS) is 1. The predicted molar refractivity (Wildman–Crippen MR) is 134 cm³/mol. The minimum absolute atomic E-state index is 0.116. The van der Waals surface area contributed by atoms with Gasteiger partial charge in [0.15, 0.2) is 0 Å². The topological polar surface area (TPSA) is 117 Å². The van der Waals surface area contributed by atoms with Gasteiger partial charge in [-0.15, -0.1) is 0 Å². The Hall–Kier alpha value is -1.70. The molecule has 1 fully saturated rings. The fourth-order valence-electron chi connectivity index (χ4n) is 5.73. The van der Waals surface area contributed by atoms with Crippen LogP contribution >= 0.6 is 0 Å². The molecule has 0 spiro atoms.